The summed E-state index contributed by atoms with van der Waals surface area (Å²) in [5, 5.41) is 5.55. The lowest BCUT2D eigenvalue weighted by Gasteiger charge is -2.21. The van der Waals surface area contributed by atoms with Crippen molar-refractivity contribution < 1.29 is 4.90 Å². The molecule has 0 unspecified atom stereocenters. The van der Waals surface area contributed by atoms with Gasteiger partial charge in [0.05, 0.1) is 24.0 Å². The van der Waals surface area contributed by atoms with Crippen LogP contribution in [0.1, 0.15) is 51.9 Å². The molecule has 0 radical (unpaired) electrons. The van der Waals surface area contributed by atoms with Gasteiger partial charge in [-0.15, -0.1) is 5.10 Å². The highest BCUT2D eigenvalue weighted by molar-refractivity contribution is 7.71. The molecule has 1 saturated heterocycles. The van der Waals surface area contributed by atoms with Crippen LogP contribution in [0.2, 0.25) is 0 Å². The topological polar surface area (TPSA) is 48.7 Å². The molecule has 28 heavy (non-hydrogen) atoms. The Balaban J connectivity index is 1.83. The number of quaternary nitrogens is 1. The third kappa shape index (κ3) is 3.65. The van der Waals surface area contributed by atoms with Crippen LogP contribution in [-0.4, -0.2) is 31.8 Å². The van der Waals surface area contributed by atoms with Gasteiger partial charge in [0.15, 0.2) is 6.67 Å². The van der Waals surface area contributed by atoms with Gasteiger partial charge in [0.25, 0.3) is 5.56 Å². The summed E-state index contributed by atoms with van der Waals surface area (Å²) in [5.41, 5.74) is 0.886. The van der Waals surface area contributed by atoms with Crippen molar-refractivity contribution in [2.45, 2.75) is 65.1 Å². The van der Waals surface area contributed by atoms with Crippen molar-refractivity contribution in [1.29, 1.82) is 0 Å². The molecular weight excluding hydrogens is 370 g/mol. The SMILES string of the molecule is CCCCn1c(=O)c2ccccc2n2c(=S)n(C[NH+]3CCCCCCC3)nc12. The third-order valence-corrected chi connectivity index (χ3v) is 6.25. The molecule has 0 atom stereocenters. The largest absolute Gasteiger partial charge is 0.316 e. The average Bonchev–Trinajstić information content (AvgIpc) is 3.00. The molecule has 1 aromatic carbocycles. The van der Waals surface area contributed by atoms with Crippen molar-refractivity contribution in [3.63, 3.8) is 0 Å². The monoisotopic (exact) mass is 400 g/mol. The second kappa shape index (κ2) is 8.57. The minimum absolute atomic E-state index is 0.0299. The lowest BCUT2D eigenvalue weighted by atomic mass is 10.1. The second-order valence-electron chi connectivity index (χ2n) is 7.92. The van der Waals surface area contributed by atoms with Crippen molar-refractivity contribution in [2.24, 2.45) is 0 Å². The zero-order chi connectivity index (χ0) is 19.5. The Morgan fingerprint density at radius 1 is 1.11 bits per heavy atom. The van der Waals surface area contributed by atoms with Gasteiger partial charge in [-0.25, -0.2) is 0 Å². The smallest absolute Gasteiger partial charge is 0.262 e. The van der Waals surface area contributed by atoms with Gasteiger partial charge in [-0.05, 0) is 56.5 Å². The predicted molar refractivity (Wildman–Crippen MR) is 114 cm³/mol. The van der Waals surface area contributed by atoms with Crippen LogP contribution in [0.25, 0.3) is 16.7 Å². The van der Waals surface area contributed by atoms with Crippen LogP contribution >= 0.6 is 12.2 Å². The van der Waals surface area contributed by atoms with Gasteiger partial charge in [-0.1, -0.05) is 31.9 Å². The first-order valence-electron chi connectivity index (χ1n) is 10.7. The fourth-order valence-electron chi connectivity index (χ4n) is 4.26. The van der Waals surface area contributed by atoms with E-state index < -0.39 is 0 Å². The van der Waals surface area contributed by atoms with E-state index >= 15 is 0 Å². The van der Waals surface area contributed by atoms with Crippen LogP contribution in [0, 0.1) is 4.77 Å². The number of fused-ring (bicyclic) bond motifs is 3. The third-order valence-electron chi connectivity index (χ3n) is 5.85. The summed E-state index contributed by atoms with van der Waals surface area (Å²) in [6.45, 7) is 5.92. The van der Waals surface area contributed by atoms with Crippen LogP contribution in [0.15, 0.2) is 29.1 Å². The Kier molecular flexibility index (Phi) is 5.92. The van der Waals surface area contributed by atoms with Crippen LogP contribution in [-0.2, 0) is 13.2 Å². The summed E-state index contributed by atoms with van der Waals surface area (Å²) < 4.78 is 6.42. The first-order chi connectivity index (χ1) is 13.7. The summed E-state index contributed by atoms with van der Waals surface area (Å²) in [6.07, 6.45) is 8.51. The van der Waals surface area contributed by atoms with E-state index in [0.29, 0.717) is 22.5 Å². The van der Waals surface area contributed by atoms with Gasteiger partial charge in [-0.3, -0.25) is 13.8 Å². The molecule has 2 aromatic heterocycles. The average molecular weight is 401 g/mol. The number of para-hydroxylation sites is 1. The number of likely N-dealkylation sites (tertiary alicyclic amines) is 1. The molecule has 3 heterocycles. The molecule has 1 aliphatic heterocycles. The molecule has 0 aliphatic carbocycles. The number of hydrogen-bond acceptors (Lipinski definition) is 3. The molecule has 0 saturated carbocycles. The Morgan fingerprint density at radius 2 is 1.82 bits per heavy atom. The predicted octanol–water partition coefficient (Wildman–Crippen LogP) is 2.79. The molecule has 1 aliphatic rings. The van der Waals surface area contributed by atoms with Crippen molar-refractivity contribution in [1.82, 2.24) is 18.7 Å². The minimum Gasteiger partial charge on any atom is -0.316 e. The van der Waals surface area contributed by atoms with Gasteiger partial charge >= 0.3 is 0 Å². The van der Waals surface area contributed by atoms with E-state index in [-0.39, 0.29) is 5.56 Å². The van der Waals surface area contributed by atoms with Gasteiger partial charge in [-0.2, -0.15) is 4.68 Å². The van der Waals surface area contributed by atoms with Crippen LogP contribution in [0.4, 0.5) is 0 Å². The first-order valence-corrected chi connectivity index (χ1v) is 11.1. The molecule has 1 fully saturated rings. The van der Waals surface area contributed by atoms with Crippen LogP contribution in [0.3, 0.4) is 0 Å². The van der Waals surface area contributed by atoms with Crippen molar-refractivity contribution >= 4 is 28.9 Å². The van der Waals surface area contributed by atoms with E-state index in [2.05, 4.69) is 6.92 Å². The fraction of sp³-hybridized carbons (Fsp3) is 0.571. The van der Waals surface area contributed by atoms with Gasteiger partial charge in [0, 0.05) is 6.54 Å². The molecule has 6 nitrogen and oxygen atoms in total. The van der Waals surface area contributed by atoms with Crippen LogP contribution < -0.4 is 10.5 Å². The summed E-state index contributed by atoms with van der Waals surface area (Å²) in [7, 11) is 0. The maximum atomic E-state index is 13.1. The number of benzene rings is 1. The standard InChI is InChI=1S/C21H29N5OS/c1-2-3-15-24-19(27)17-11-7-8-12-18(17)26-20(24)22-25(21(26)28)16-23-13-9-5-4-6-10-14-23/h7-8,11-12H,2-6,9-10,13-16H2,1H3/p+1. The van der Waals surface area contributed by atoms with E-state index in [0.717, 1.165) is 25.0 Å². The number of nitrogens with zero attached hydrogens (tertiary/aromatic N) is 4. The molecule has 150 valence electrons. The second-order valence-corrected chi connectivity index (χ2v) is 8.29. The summed E-state index contributed by atoms with van der Waals surface area (Å²) in [6, 6.07) is 7.74. The molecular formula is C21H30N5OS+. The number of rotatable bonds is 5. The molecule has 0 spiro atoms. The summed E-state index contributed by atoms with van der Waals surface area (Å²) in [4.78, 5) is 14.6. The summed E-state index contributed by atoms with van der Waals surface area (Å²) >= 11 is 5.83. The van der Waals surface area contributed by atoms with Crippen molar-refractivity contribution in [3.05, 3.63) is 39.4 Å². The maximum absolute atomic E-state index is 13.1. The van der Waals surface area contributed by atoms with E-state index in [9.17, 15) is 4.79 Å². The van der Waals surface area contributed by atoms with Crippen molar-refractivity contribution in [3.8, 4) is 0 Å². The number of nitrogens with one attached hydrogen (secondary N) is 1. The van der Waals surface area contributed by atoms with E-state index in [1.807, 2.05) is 33.3 Å². The molecule has 4 rings (SSSR count). The highest BCUT2D eigenvalue weighted by atomic mass is 32.1. The normalized spacial score (nSPS) is 16.5. The Hall–Kier alpha value is -1.99. The van der Waals surface area contributed by atoms with Crippen LogP contribution in [0.5, 0.6) is 0 Å². The lowest BCUT2D eigenvalue weighted by molar-refractivity contribution is -0.924. The molecule has 1 N–H and O–H groups in total. The Morgan fingerprint density at radius 3 is 2.57 bits per heavy atom. The Bertz CT molecular complexity index is 1070. The number of hydrogen-bond donors (Lipinski definition) is 1. The number of unbranched alkanes of at least 4 members (excludes halogenated alkanes) is 1. The van der Waals surface area contributed by atoms with Gasteiger partial charge < -0.3 is 4.90 Å². The van der Waals surface area contributed by atoms with E-state index in [1.165, 1.54) is 50.1 Å². The maximum Gasteiger partial charge on any atom is 0.262 e. The molecule has 0 amide bonds. The summed E-state index contributed by atoms with van der Waals surface area (Å²) in [5.74, 6) is 0.675. The quantitative estimate of drug-likeness (QED) is 0.670. The van der Waals surface area contributed by atoms with Crippen molar-refractivity contribution in [2.75, 3.05) is 13.1 Å². The van der Waals surface area contributed by atoms with E-state index in [4.69, 9.17) is 17.3 Å². The highest BCUT2D eigenvalue weighted by Crippen LogP contribution is 2.14. The van der Waals surface area contributed by atoms with Gasteiger partial charge in [0.2, 0.25) is 10.5 Å². The molecule has 3 aromatic rings. The fourth-order valence-corrected chi connectivity index (χ4v) is 4.55. The zero-order valence-electron chi connectivity index (χ0n) is 16.7. The number of aryl methyl sites for hydroxylation is 1. The molecule has 0 bridgehead atoms. The van der Waals surface area contributed by atoms with Gasteiger partial charge in [0.1, 0.15) is 0 Å². The van der Waals surface area contributed by atoms with E-state index in [1.54, 1.807) is 4.57 Å². The molecule has 7 heteroatoms. The first kappa shape index (κ1) is 19.3. The number of aromatic nitrogens is 4. The zero-order valence-corrected chi connectivity index (χ0v) is 17.5. The highest BCUT2D eigenvalue weighted by Gasteiger charge is 2.18. The Labute approximate surface area is 170 Å². The lowest BCUT2D eigenvalue weighted by Crippen LogP contribution is -3.11. The minimum atomic E-state index is 0.0299.